The van der Waals surface area contributed by atoms with Crippen LogP contribution in [-0.2, 0) is 6.54 Å². The zero-order chi connectivity index (χ0) is 13.7. The molecular weight excluding hydrogens is 256 g/mol. The van der Waals surface area contributed by atoms with Crippen LogP contribution in [0.25, 0.3) is 4.96 Å². The van der Waals surface area contributed by atoms with Gasteiger partial charge in [-0.25, -0.2) is 4.98 Å². The summed E-state index contributed by atoms with van der Waals surface area (Å²) in [6, 6.07) is 0.645. The maximum absolute atomic E-state index is 4.55. The maximum Gasteiger partial charge on any atom is 0.193 e. The lowest BCUT2D eigenvalue weighted by molar-refractivity contribution is 0.268. The molecule has 2 heterocycles. The fourth-order valence-corrected chi connectivity index (χ4v) is 2.67. The fraction of sp³-hybridized carbons (Fsp3) is 0.643. The molecule has 0 aliphatic carbocycles. The second-order valence-electron chi connectivity index (χ2n) is 5.28. The summed E-state index contributed by atoms with van der Waals surface area (Å²) >= 11 is 1.68. The summed E-state index contributed by atoms with van der Waals surface area (Å²) in [6.45, 7) is 7.59. The number of unbranched alkanes of at least 4 members (excludes halogenated alkanes) is 1. The van der Waals surface area contributed by atoms with E-state index in [1.165, 1.54) is 19.4 Å². The topological polar surface area (TPSA) is 32.6 Å². The van der Waals surface area contributed by atoms with E-state index in [1.54, 1.807) is 11.3 Å². The SMILES string of the molecule is CC(C)N(C)CCCCNCc1cn2ccsc2n1. The van der Waals surface area contributed by atoms with Crippen LogP contribution in [-0.4, -0.2) is 40.5 Å². The molecule has 0 saturated carbocycles. The van der Waals surface area contributed by atoms with Crippen molar-refractivity contribution in [2.45, 2.75) is 39.3 Å². The molecule has 0 fully saturated rings. The van der Waals surface area contributed by atoms with Gasteiger partial charge in [0, 0.05) is 30.4 Å². The summed E-state index contributed by atoms with van der Waals surface area (Å²) in [4.78, 5) is 8.02. The molecule has 2 aromatic heterocycles. The van der Waals surface area contributed by atoms with E-state index in [0.29, 0.717) is 6.04 Å². The Bertz CT molecular complexity index is 460. The van der Waals surface area contributed by atoms with Crippen molar-refractivity contribution >= 4 is 16.3 Å². The van der Waals surface area contributed by atoms with Gasteiger partial charge in [-0.3, -0.25) is 4.40 Å². The van der Waals surface area contributed by atoms with Crippen LogP contribution in [0.5, 0.6) is 0 Å². The third kappa shape index (κ3) is 4.30. The average Bonchev–Trinajstić information content (AvgIpc) is 2.93. The molecule has 0 spiro atoms. The van der Waals surface area contributed by atoms with E-state index >= 15 is 0 Å². The molecule has 0 aromatic carbocycles. The summed E-state index contributed by atoms with van der Waals surface area (Å²) in [6.07, 6.45) is 6.63. The van der Waals surface area contributed by atoms with Gasteiger partial charge in [0.2, 0.25) is 0 Å². The first-order chi connectivity index (χ1) is 9.16. The number of nitrogens with zero attached hydrogens (tertiary/aromatic N) is 3. The molecule has 19 heavy (non-hydrogen) atoms. The Hall–Kier alpha value is -0.910. The monoisotopic (exact) mass is 280 g/mol. The molecule has 0 saturated heterocycles. The Kier molecular flexibility index (Phi) is 5.36. The highest BCUT2D eigenvalue weighted by atomic mass is 32.1. The summed E-state index contributed by atoms with van der Waals surface area (Å²) in [5, 5.41) is 5.53. The lowest BCUT2D eigenvalue weighted by Gasteiger charge is -2.20. The minimum atomic E-state index is 0.645. The highest BCUT2D eigenvalue weighted by Gasteiger charge is 2.03. The average molecular weight is 280 g/mol. The number of hydrogen-bond donors (Lipinski definition) is 1. The molecule has 2 aromatic rings. The molecule has 0 aliphatic rings. The molecule has 0 unspecified atom stereocenters. The first-order valence-corrected chi connectivity index (χ1v) is 7.87. The minimum Gasteiger partial charge on any atom is -0.311 e. The molecule has 0 bridgehead atoms. The lowest BCUT2D eigenvalue weighted by Crippen LogP contribution is -2.27. The third-order valence-corrected chi connectivity index (χ3v) is 4.22. The van der Waals surface area contributed by atoms with Crippen molar-refractivity contribution in [1.29, 1.82) is 0 Å². The van der Waals surface area contributed by atoms with E-state index < -0.39 is 0 Å². The Morgan fingerprint density at radius 1 is 1.42 bits per heavy atom. The van der Waals surface area contributed by atoms with Crippen LogP contribution >= 0.6 is 11.3 Å². The largest absolute Gasteiger partial charge is 0.311 e. The van der Waals surface area contributed by atoms with Crippen LogP contribution < -0.4 is 5.32 Å². The smallest absolute Gasteiger partial charge is 0.193 e. The van der Waals surface area contributed by atoms with Gasteiger partial charge in [0.05, 0.1) is 5.69 Å². The van der Waals surface area contributed by atoms with Crippen LogP contribution in [0, 0.1) is 0 Å². The number of nitrogens with one attached hydrogen (secondary N) is 1. The van der Waals surface area contributed by atoms with Crippen LogP contribution in [0.3, 0.4) is 0 Å². The zero-order valence-corrected chi connectivity index (χ0v) is 12.9. The second-order valence-corrected chi connectivity index (χ2v) is 6.16. The quantitative estimate of drug-likeness (QED) is 0.755. The number of thiazole rings is 1. The normalized spacial score (nSPS) is 12.1. The molecular formula is C14H24N4S. The van der Waals surface area contributed by atoms with Crippen molar-refractivity contribution in [3.63, 3.8) is 0 Å². The fourth-order valence-electron chi connectivity index (χ4n) is 1.95. The minimum absolute atomic E-state index is 0.645. The van der Waals surface area contributed by atoms with Crippen LogP contribution in [0.1, 0.15) is 32.4 Å². The molecule has 0 aliphatic heterocycles. The van der Waals surface area contributed by atoms with Gasteiger partial charge in [-0.15, -0.1) is 11.3 Å². The molecule has 2 rings (SSSR count). The summed E-state index contributed by atoms with van der Waals surface area (Å²) in [5.41, 5.74) is 1.13. The van der Waals surface area contributed by atoms with Crippen molar-refractivity contribution < 1.29 is 0 Å². The number of rotatable bonds is 8. The Morgan fingerprint density at radius 3 is 3.00 bits per heavy atom. The lowest BCUT2D eigenvalue weighted by atomic mass is 10.2. The van der Waals surface area contributed by atoms with E-state index in [-0.39, 0.29) is 0 Å². The first-order valence-electron chi connectivity index (χ1n) is 6.99. The van der Waals surface area contributed by atoms with Gasteiger partial charge >= 0.3 is 0 Å². The predicted molar refractivity (Wildman–Crippen MR) is 81.8 cm³/mol. The Labute approximate surface area is 119 Å². The van der Waals surface area contributed by atoms with Crippen molar-refractivity contribution in [3.8, 4) is 0 Å². The van der Waals surface area contributed by atoms with Crippen molar-refractivity contribution in [2.75, 3.05) is 20.1 Å². The van der Waals surface area contributed by atoms with Crippen molar-refractivity contribution in [3.05, 3.63) is 23.5 Å². The number of aromatic nitrogens is 2. The second kappa shape index (κ2) is 7.03. The van der Waals surface area contributed by atoms with Gasteiger partial charge in [-0.2, -0.15) is 0 Å². The molecule has 1 N–H and O–H groups in total. The van der Waals surface area contributed by atoms with E-state index in [4.69, 9.17) is 0 Å². The predicted octanol–water partition coefficient (Wildman–Crippen LogP) is 2.61. The van der Waals surface area contributed by atoms with E-state index in [2.05, 4.69) is 58.3 Å². The van der Waals surface area contributed by atoms with Gasteiger partial charge < -0.3 is 10.2 Å². The molecule has 0 amide bonds. The number of fused-ring (bicyclic) bond motifs is 1. The van der Waals surface area contributed by atoms with E-state index in [9.17, 15) is 0 Å². The maximum atomic E-state index is 4.55. The third-order valence-electron chi connectivity index (χ3n) is 3.45. The first kappa shape index (κ1) is 14.5. The molecule has 0 atom stereocenters. The summed E-state index contributed by atoms with van der Waals surface area (Å²) < 4.78 is 2.08. The molecule has 106 valence electrons. The number of imidazole rings is 1. The molecule has 4 nitrogen and oxygen atoms in total. The summed E-state index contributed by atoms with van der Waals surface area (Å²) in [7, 11) is 2.19. The highest BCUT2D eigenvalue weighted by molar-refractivity contribution is 7.15. The highest BCUT2D eigenvalue weighted by Crippen LogP contribution is 2.10. The number of hydrogen-bond acceptors (Lipinski definition) is 4. The summed E-state index contributed by atoms with van der Waals surface area (Å²) in [5.74, 6) is 0. The van der Waals surface area contributed by atoms with Gasteiger partial charge in [-0.05, 0) is 46.8 Å². The van der Waals surface area contributed by atoms with Gasteiger partial charge in [0.1, 0.15) is 0 Å². The Balaban J connectivity index is 1.58. The Morgan fingerprint density at radius 2 is 2.26 bits per heavy atom. The van der Waals surface area contributed by atoms with Gasteiger partial charge in [0.15, 0.2) is 4.96 Å². The molecule has 0 radical (unpaired) electrons. The van der Waals surface area contributed by atoms with Crippen LogP contribution in [0.2, 0.25) is 0 Å². The molecule has 5 heteroatoms. The van der Waals surface area contributed by atoms with Crippen LogP contribution in [0.15, 0.2) is 17.8 Å². The standard InChI is InChI=1S/C14H24N4S/c1-12(2)17(3)7-5-4-6-15-10-13-11-18-8-9-19-14(18)16-13/h8-9,11-12,15H,4-7,10H2,1-3H3. The van der Waals surface area contributed by atoms with Crippen LogP contribution in [0.4, 0.5) is 0 Å². The van der Waals surface area contributed by atoms with E-state index in [1.807, 2.05) is 0 Å². The van der Waals surface area contributed by atoms with Crippen molar-refractivity contribution in [1.82, 2.24) is 19.6 Å². The van der Waals surface area contributed by atoms with Crippen molar-refractivity contribution in [2.24, 2.45) is 0 Å². The van der Waals surface area contributed by atoms with E-state index in [0.717, 1.165) is 23.7 Å². The zero-order valence-electron chi connectivity index (χ0n) is 12.1. The van der Waals surface area contributed by atoms with Gasteiger partial charge in [0.25, 0.3) is 0 Å². The van der Waals surface area contributed by atoms with Gasteiger partial charge in [-0.1, -0.05) is 0 Å².